The number of rotatable bonds is 2. The average Bonchev–Trinajstić information content (AvgIpc) is 2.89. The van der Waals surface area contributed by atoms with Gasteiger partial charge in [-0.05, 0) is 19.9 Å². The molecule has 0 atom stereocenters. The van der Waals surface area contributed by atoms with Crippen LogP contribution >= 0.6 is 0 Å². The Bertz CT molecular complexity index is 816. The Hall–Kier alpha value is -2.76. The summed E-state index contributed by atoms with van der Waals surface area (Å²) in [4.78, 5) is 13.8. The maximum atomic E-state index is 12.2. The first kappa shape index (κ1) is 14.2. The molecule has 2 aromatic rings. The van der Waals surface area contributed by atoms with Crippen molar-refractivity contribution in [1.29, 1.82) is 0 Å². The Morgan fingerprint density at radius 2 is 1.91 bits per heavy atom. The van der Waals surface area contributed by atoms with Crippen molar-refractivity contribution in [2.75, 3.05) is 11.9 Å². The number of amides is 1. The maximum Gasteiger partial charge on any atom is 0.279 e. The Balaban J connectivity index is 1.96. The van der Waals surface area contributed by atoms with E-state index in [9.17, 15) is 4.79 Å². The molecule has 112 valence electrons. The molecule has 1 amide bonds. The summed E-state index contributed by atoms with van der Waals surface area (Å²) in [5.74, 6) is -0.141. The normalized spacial score (nSPS) is 16.1. The van der Waals surface area contributed by atoms with Crippen LogP contribution in [0.1, 0.15) is 22.5 Å². The van der Waals surface area contributed by atoms with Gasteiger partial charge in [0.2, 0.25) is 0 Å². The zero-order valence-electron chi connectivity index (χ0n) is 13.0. The highest BCUT2D eigenvalue weighted by molar-refractivity contribution is 6.54. The number of likely N-dealkylation sites (N-methyl/N-ethyl adjacent to an activating group) is 1. The molecule has 0 fully saturated rings. The van der Waals surface area contributed by atoms with Gasteiger partial charge in [-0.3, -0.25) is 9.48 Å². The number of aryl methyl sites for hydroxylation is 2. The number of carbonyl (C=O) groups excluding carboxylic acids is 1. The van der Waals surface area contributed by atoms with E-state index in [1.165, 1.54) is 0 Å². The summed E-state index contributed by atoms with van der Waals surface area (Å²) in [5, 5.41) is 12.6. The van der Waals surface area contributed by atoms with Crippen LogP contribution < -0.4 is 4.90 Å². The van der Waals surface area contributed by atoms with Gasteiger partial charge in [0.15, 0.2) is 5.71 Å². The standard InChI is InChI=1S/C16H17N5O/c1-10-13(11(2)21(4)19-10)9-17-18-15-12-7-5-6-8-14(12)20(3)16(15)22/h5-9H,1-4H3/b17-9-,18-15+. The molecule has 6 nitrogen and oxygen atoms in total. The van der Waals surface area contributed by atoms with Crippen LogP contribution in [-0.4, -0.2) is 34.7 Å². The SMILES string of the molecule is Cc1nn(C)c(C)c1/C=N\N=C1\C(=O)N(C)c2ccccc21. The van der Waals surface area contributed by atoms with Gasteiger partial charge in [0.05, 0.1) is 17.6 Å². The largest absolute Gasteiger partial charge is 0.309 e. The third-order valence-corrected chi connectivity index (χ3v) is 3.94. The van der Waals surface area contributed by atoms with Gasteiger partial charge >= 0.3 is 0 Å². The predicted molar refractivity (Wildman–Crippen MR) is 86.7 cm³/mol. The van der Waals surface area contributed by atoms with Crippen molar-refractivity contribution in [2.45, 2.75) is 13.8 Å². The molecule has 22 heavy (non-hydrogen) atoms. The molecule has 0 N–H and O–H groups in total. The van der Waals surface area contributed by atoms with Crippen molar-refractivity contribution in [1.82, 2.24) is 9.78 Å². The van der Waals surface area contributed by atoms with Crippen LogP contribution in [0.3, 0.4) is 0 Å². The number of hydrogen-bond acceptors (Lipinski definition) is 4. The second kappa shape index (κ2) is 5.22. The van der Waals surface area contributed by atoms with E-state index in [1.54, 1.807) is 22.8 Å². The van der Waals surface area contributed by atoms with E-state index in [1.807, 2.05) is 45.2 Å². The van der Waals surface area contributed by atoms with Gasteiger partial charge in [0.25, 0.3) is 5.91 Å². The third kappa shape index (κ3) is 2.13. The van der Waals surface area contributed by atoms with Crippen molar-refractivity contribution in [3.63, 3.8) is 0 Å². The molecule has 1 aromatic heterocycles. The van der Waals surface area contributed by atoms with Crippen LogP contribution in [0.15, 0.2) is 34.5 Å². The Kier molecular flexibility index (Phi) is 3.36. The average molecular weight is 295 g/mol. The van der Waals surface area contributed by atoms with Gasteiger partial charge in [0, 0.05) is 30.9 Å². The second-order valence-electron chi connectivity index (χ2n) is 5.28. The first-order valence-corrected chi connectivity index (χ1v) is 6.99. The van der Waals surface area contributed by atoms with Crippen LogP contribution in [0, 0.1) is 13.8 Å². The lowest BCUT2D eigenvalue weighted by molar-refractivity contribution is -0.111. The first-order chi connectivity index (χ1) is 10.5. The van der Waals surface area contributed by atoms with E-state index < -0.39 is 0 Å². The lowest BCUT2D eigenvalue weighted by Gasteiger charge is -2.07. The lowest BCUT2D eigenvalue weighted by atomic mass is 10.1. The van der Waals surface area contributed by atoms with Gasteiger partial charge < -0.3 is 4.90 Å². The molecular weight excluding hydrogens is 278 g/mol. The zero-order valence-corrected chi connectivity index (χ0v) is 13.0. The smallest absolute Gasteiger partial charge is 0.279 e. The third-order valence-electron chi connectivity index (χ3n) is 3.94. The molecular formula is C16H17N5O. The molecule has 3 rings (SSSR count). The minimum absolute atomic E-state index is 0.141. The summed E-state index contributed by atoms with van der Waals surface area (Å²) in [5.41, 5.74) is 4.87. The fourth-order valence-corrected chi connectivity index (χ4v) is 2.57. The molecule has 0 saturated carbocycles. The topological polar surface area (TPSA) is 62.9 Å². The van der Waals surface area contributed by atoms with Crippen molar-refractivity contribution < 1.29 is 4.79 Å². The monoisotopic (exact) mass is 295 g/mol. The van der Waals surface area contributed by atoms with Crippen LogP contribution in [0.5, 0.6) is 0 Å². The molecule has 0 radical (unpaired) electrons. The quantitative estimate of drug-likeness (QED) is 0.627. The number of aromatic nitrogens is 2. The highest BCUT2D eigenvalue weighted by atomic mass is 16.2. The summed E-state index contributed by atoms with van der Waals surface area (Å²) in [6.07, 6.45) is 1.65. The summed E-state index contributed by atoms with van der Waals surface area (Å²) < 4.78 is 1.80. The number of anilines is 1. The highest BCUT2D eigenvalue weighted by Crippen LogP contribution is 2.27. The summed E-state index contributed by atoms with van der Waals surface area (Å²) in [6.45, 7) is 3.89. The van der Waals surface area contributed by atoms with Crippen molar-refractivity contribution in [3.05, 3.63) is 46.8 Å². The molecule has 6 heteroatoms. The predicted octanol–water partition coefficient (Wildman–Crippen LogP) is 1.84. The lowest BCUT2D eigenvalue weighted by Crippen LogP contribution is -2.25. The number of carbonyl (C=O) groups is 1. The summed E-state index contributed by atoms with van der Waals surface area (Å²) in [6, 6.07) is 7.57. The van der Waals surface area contributed by atoms with Crippen LogP contribution in [0.2, 0.25) is 0 Å². The van der Waals surface area contributed by atoms with E-state index in [-0.39, 0.29) is 5.91 Å². The van der Waals surface area contributed by atoms with E-state index in [4.69, 9.17) is 0 Å². The zero-order chi connectivity index (χ0) is 15.9. The van der Waals surface area contributed by atoms with Crippen molar-refractivity contribution >= 4 is 23.5 Å². The molecule has 2 heterocycles. The fraction of sp³-hybridized carbons (Fsp3) is 0.250. The van der Waals surface area contributed by atoms with Crippen LogP contribution in [0.4, 0.5) is 5.69 Å². The molecule has 0 spiro atoms. The molecule has 0 aliphatic carbocycles. The number of nitrogens with zero attached hydrogens (tertiary/aromatic N) is 5. The molecule has 0 saturated heterocycles. The van der Waals surface area contributed by atoms with Gasteiger partial charge in [-0.2, -0.15) is 10.2 Å². The Labute approximate surface area is 128 Å². The van der Waals surface area contributed by atoms with E-state index in [0.29, 0.717) is 5.71 Å². The fourth-order valence-electron chi connectivity index (χ4n) is 2.57. The number of para-hydroxylation sites is 1. The summed E-state index contributed by atoms with van der Waals surface area (Å²) >= 11 is 0. The second-order valence-corrected chi connectivity index (χ2v) is 5.28. The van der Waals surface area contributed by atoms with Gasteiger partial charge in [-0.25, -0.2) is 0 Å². The molecule has 1 aliphatic heterocycles. The van der Waals surface area contributed by atoms with E-state index >= 15 is 0 Å². The van der Waals surface area contributed by atoms with Crippen molar-refractivity contribution in [2.24, 2.45) is 17.3 Å². The van der Waals surface area contributed by atoms with Gasteiger partial charge in [-0.15, -0.1) is 5.10 Å². The number of fused-ring (bicyclic) bond motifs is 1. The number of hydrogen-bond donors (Lipinski definition) is 0. The molecule has 0 bridgehead atoms. The first-order valence-electron chi connectivity index (χ1n) is 6.99. The van der Waals surface area contributed by atoms with Gasteiger partial charge in [-0.1, -0.05) is 18.2 Å². The minimum atomic E-state index is -0.141. The van der Waals surface area contributed by atoms with Gasteiger partial charge in [0.1, 0.15) is 0 Å². The number of benzene rings is 1. The molecule has 0 unspecified atom stereocenters. The minimum Gasteiger partial charge on any atom is -0.309 e. The van der Waals surface area contributed by atoms with E-state index in [2.05, 4.69) is 15.3 Å². The summed E-state index contributed by atoms with van der Waals surface area (Å²) in [7, 11) is 3.63. The Morgan fingerprint density at radius 1 is 1.18 bits per heavy atom. The van der Waals surface area contributed by atoms with Crippen LogP contribution in [0.25, 0.3) is 0 Å². The maximum absolute atomic E-state index is 12.2. The highest BCUT2D eigenvalue weighted by Gasteiger charge is 2.30. The Morgan fingerprint density at radius 3 is 2.59 bits per heavy atom. The van der Waals surface area contributed by atoms with E-state index in [0.717, 1.165) is 28.2 Å². The van der Waals surface area contributed by atoms with Crippen LogP contribution in [-0.2, 0) is 11.8 Å². The molecule has 1 aromatic carbocycles. The molecule has 1 aliphatic rings. The van der Waals surface area contributed by atoms with Crippen molar-refractivity contribution in [3.8, 4) is 0 Å².